The molecule has 0 aliphatic heterocycles. The first-order chi connectivity index (χ1) is 12.5. The van der Waals surface area contributed by atoms with Gasteiger partial charge in [0.25, 0.3) is 5.91 Å². The number of aryl methyl sites for hydroxylation is 2. The summed E-state index contributed by atoms with van der Waals surface area (Å²) in [6.45, 7) is 5.72. The summed E-state index contributed by atoms with van der Waals surface area (Å²) in [4.78, 5) is 15.8. The standard InChI is InChI=1S/C21H28N4O.HI/c1-15-11-16(2)13-18(12-15)9-10-24-21(23-4)25-14-17-5-7-19(8-6-17)20(26)22-3;/h5-8,11-13H,9-10,14H2,1-4H3,(H,22,26)(H2,23,24,25);1H. The monoisotopic (exact) mass is 480 g/mol. The number of nitrogens with one attached hydrogen (secondary N) is 3. The molecule has 0 spiro atoms. The van der Waals surface area contributed by atoms with Gasteiger partial charge in [-0.25, -0.2) is 0 Å². The second kappa shape index (κ2) is 11.6. The summed E-state index contributed by atoms with van der Waals surface area (Å²) in [6.07, 6.45) is 0.948. The summed E-state index contributed by atoms with van der Waals surface area (Å²) in [5.41, 5.74) is 5.67. The summed E-state index contributed by atoms with van der Waals surface area (Å²) in [5, 5.41) is 9.26. The number of guanidine groups is 1. The molecule has 3 N–H and O–H groups in total. The highest BCUT2D eigenvalue weighted by Crippen LogP contribution is 2.09. The van der Waals surface area contributed by atoms with E-state index >= 15 is 0 Å². The molecule has 146 valence electrons. The zero-order chi connectivity index (χ0) is 18.9. The molecule has 27 heavy (non-hydrogen) atoms. The van der Waals surface area contributed by atoms with Crippen molar-refractivity contribution in [3.05, 3.63) is 70.3 Å². The second-order valence-electron chi connectivity index (χ2n) is 6.37. The Hall–Kier alpha value is -2.09. The van der Waals surface area contributed by atoms with Gasteiger partial charge in [-0.05, 0) is 43.5 Å². The quantitative estimate of drug-likeness (QED) is 0.338. The van der Waals surface area contributed by atoms with Crippen molar-refractivity contribution in [1.29, 1.82) is 0 Å². The van der Waals surface area contributed by atoms with Gasteiger partial charge in [0, 0.05) is 32.7 Å². The van der Waals surface area contributed by atoms with E-state index in [1.54, 1.807) is 14.1 Å². The highest BCUT2D eigenvalue weighted by Gasteiger charge is 2.03. The van der Waals surface area contributed by atoms with E-state index < -0.39 is 0 Å². The third-order valence-electron chi connectivity index (χ3n) is 4.11. The van der Waals surface area contributed by atoms with Crippen LogP contribution < -0.4 is 16.0 Å². The molecule has 0 aliphatic carbocycles. The lowest BCUT2D eigenvalue weighted by atomic mass is 10.1. The van der Waals surface area contributed by atoms with Crippen molar-refractivity contribution in [3.8, 4) is 0 Å². The molecule has 0 saturated heterocycles. The Labute approximate surface area is 179 Å². The molecule has 6 heteroatoms. The molecule has 0 fully saturated rings. The van der Waals surface area contributed by atoms with Crippen molar-refractivity contribution in [2.75, 3.05) is 20.6 Å². The number of hydrogen-bond acceptors (Lipinski definition) is 2. The summed E-state index contributed by atoms with van der Waals surface area (Å²) < 4.78 is 0. The van der Waals surface area contributed by atoms with Gasteiger partial charge in [-0.15, -0.1) is 24.0 Å². The van der Waals surface area contributed by atoms with Crippen LogP contribution in [0.3, 0.4) is 0 Å². The molecule has 2 aromatic rings. The number of benzene rings is 2. The molecular formula is C21H29IN4O. The molecule has 2 aromatic carbocycles. The maximum absolute atomic E-state index is 11.6. The fourth-order valence-electron chi connectivity index (χ4n) is 2.86. The molecule has 5 nitrogen and oxygen atoms in total. The van der Waals surface area contributed by atoms with E-state index in [0.717, 1.165) is 24.5 Å². The number of halogens is 1. The van der Waals surface area contributed by atoms with E-state index in [1.165, 1.54) is 16.7 Å². The van der Waals surface area contributed by atoms with E-state index in [-0.39, 0.29) is 29.9 Å². The van der Waals surface area contributed by atoms with Crippen molar-refractivity contribution in [2.24, 2.45) is 4.99 Å². The molecule has 0 heterocycles. The zero-order valence-electron chi connectivity index (χ0n) is 16.4. The number of carbonyl (C=O) groups is 1. The van der Waals surface area contributed by atoms with Crippen molar-refractivity contribution in [3.63, 3.8) is 0 Å². The van der Waals surface area contributed by atoms with Crippen LogP contribution in [0.15, 0.2) is 47.5 Å². The largest absolute Gasteiger partial charge is 0.356 e. The van der Waals surface area contributed by atoms with E-state index in [1.807, 2.05) is 24.3 Å². The van der Waals surface area contributed by atoms with Crippen molar-refractivity contribution < 1.29 is 4.79 Å². The topological polar surface area (TPSA) is 65.5 Å². The number of nitrogens with zero attached hydrogens (tertiary/aromatic N) is 1. The smallest absolute Gasteiger partial charge is 0.251 e. The van der Waals surface area contributed by atoms with Crippen molar-refractivity contribution >= 4 is 35.8 Å². The number of rotatable bonds is 6. The minimum atomic E-state index is -0.0756. The van der Waals surface area contributed by atoms with Crippen LogP contribution in [-0.2, 0) is 13.0 Å². The SMILES string of the molecule is CN=C(NCCc1cc(C)cc(C)c1)NCc1ccc(C(=O)NC)cc1.I. The number of aliphatic imine (C=N–C) groups is 1. The summed E-state index contributed by atoms with van der Waals surface area (Å²) >= 11 is 0. The summed E-state index contributed by atoms with van der Waals surface area (Å²) in [6, 6.07) is 14.2. The lowest BCUT2D eigenvalue weighted by Crippen LogP contribution is -2.37. The first-order valence-electron chi connectivity index (χ1n) is 8.84. The summed E-state index contributed by atoms with van der Waals surface area (Å²) in [5.74, 6) is 0.693. The van der Waals surface area contributed by atoms with Gasteiger partial charge in [0.15, 0.2) is 5.96 Å². The Morgan fingerprint density at radius 3 is 2.15 bits per heavy atom. The van der Waals surface area contributed by atoms with Crippen LogP contribution in [0.5, 0.6) is 0 Å². The fourth-order valence-corrected chi connectivity index (χ4v) is 2.86. The van der Waals surface area contributed by atoms with Gasteiger partial charge in [-0.2, -0.15) is 0 Å². The van der Waals surface area contributed by atoms with Crippen molar-refractivity contribution in [2.45, 2.75) is 26.8 Å². The van der Waals surface area contributed by atoms with Gasteiger partial charge < -0.3 is 16.0 Å². The molecule has 0 aliphatic rings. The van der Waals surface area contributed by atoms with Gasteiger partial charge >= 0.3 is 0 Å². The summed E-state index contributed by atoms with van der Waals surface area (Å²) in [7, 11) is 3.40. The van der Waals surface area contributed by atoms with Crippen LogP contribution in [0, 0.1) is 13.8 Å². The van der Waals surface area contributed by atoms with Gasteiger partial charge in [-0.3, -0.25) is 9.79 Å². The second-order valence-corrected chi connectivity index (χ2v) is 6.37. The van der Waals surface area contributed by atoms with Crippen LogP contribution >= 0.6 is 24.0 Å². The van der Waals surface area contributed by atoms with E-state index in [9.17, 15) is 4.79 Å². The molecular weight excluding hydrogens is 451 g/mol. The lowest BCUT2D eigenvalue weighted by molar-refractivity contribution is 0.0963. The van der Waals surface area contributed by atoms with Crippen LogP contribution in [-0.4, -0.2) is 32.5 Å². The molecule has 0 unspecified atom stereocenters. The molecule has 0 saturated carbocycles. The minimum absolute atomic E-state index is 0. The van der Waals surface area contributed by atoms with Gasteiger partial charge in [0.1, 0.15) is 0 Å². The molecule has 0 bridgehead atoms. The molecule has 0 atom stereocenters. The molecule has 2 rings (SSSR count). The van der Waals surface area contributed by atoms with E-state index in [2.05, 4.69) is 53.0 Å². The Kier molecular flexibility index (Phi) is 9.85. The Morgan fingerprint density at radius 2 is 1.59 bits per heavy atom. The predicted molar refractivity (Wildman–Crippen MR) is 123 cm³/mol. The van der Waals surface area contributed by atoms with Crippen LogP contribution in [0.25, 0.3) is 0 Å². The average molecular weight is 480 g/mol. The van der Waals surface area contributed by atoms with Gasteiger partial charge in [0.05, 0.1) is 0 Å². The molecule has 1 amide bonds. The number of carbonyl (C=O) groups excluding carboxylic acids is 1. The van der Waals surface area contributed by atoms with Crippen molar-refractivity contribution in [1.82, 2.24) is 16.0 Å². The molecule has 0 radical (unpaired) electrons. The Bertz CT molecular complexity index is 752. The minimum Gasteiger partial charge on any atom is -0.356 e. The predicted octanol–water partition coefficient (Wildman–Crippen LogP) is 3.19. The fraction of sp³-hybridized carbons (Fsp3) is 0.333. The van der Waals surface area contributed by atoms with Crippen LogP contribution in [0.4, 0.5) is 0 Å². The van der Waals surface area contributed by atoms with Gasteiger partial charge in [-0.1, -0.05) is 41.5 Å². The average Bonchev–Trinajstić information content (AvgIpc) is 2.63. The first-order valence-corrected chi connectivity index (χ1v) is 8.84. The highest BCUT2D eigenvalue weighted by atomic mass is 127. The maximum atomic E-state index is 11.6. The Morgan fingerprint density at radius 1 is 0.963 bits per heavy atom. The third kappa shape index (κ3) is 7.58. The van der Waals surface area contributed by atoms with E-state index in [4.69, 9.17) is 0 Å². The highest BCUT2D eigenvalue weighted by molar-refractivity contribution is 14.0. The van der Waals surface area contributed by atoms with Crippen LogP contribution in [0.2, 0.25) is 0 Å². The Balaban J connectivity index is 0.00000364. The van der Waals surface area contributed by atoms with Crippen LogP contribution in [0.1, 0.15) is 32.6 Å². The van der Waals surface area contributed by atoms with E-state index in [0.29, 0.717) is 12.1 Å². The van der Waals surface area contributed by atoms with Gasteiger partial charge in [0.2, 0.25) is 0 Å². The normalized spacial score (nSPS) is 10.7. The first kappa shape index (κ1) is 23.0. The zero-order valence-corrected chi connectivity index (χ0v) is 18.8. The lowest BCUT2D eigenvalue weighted by Gasteiger charge is -2.13. The number of hydrogen-bond donors (Lipinski definition) is 3. The number of amides is 1. The maximum Gasteiger partial charge on any atom is 0.251 e. The molecule has 0 aromatic heterocycles. The third-order valence-corrected chi connectivity index (χ3v) is 4.11.